The summed E-state index contributed by atoms with van der Waals surface area (Å²) < 4.78 is 18.5. The molecule has 0 aliphatic rings. The molecule has 7 heteroatoms. The van der Waals surface area contributed by atoms with Crippen LogP contribution >= 0.6 is 11.8 Å². The number of aryl methyl sites for hydroxylation is 1. The molecule has 0 saturated carbocycles. The van der Waals surface area contributed by atoms with Gasteiger partial charge in [0.05, 0.1) is 12.9 Å². The summed E-state index contributed by atoms with van der Waals surface area (Å²) in [4.78, 5) is 21.0. The Bertz CT molecular complexity index is 948. The van der Waals surface area contributed by atoms with E-state index >= 15 is 0 Å². The number of anilines is 1. The number of halogens is 1. The normalized spacial score (nSPS) is 10.5. The molecule has 1 N–H and O–H groups in total. The van der Waals surface area contributed by atoms with Crippen LogP contribution in [0.3, 0.4) is 0 Å². The zero-order valence-electron chi connectivity index (χ0n) is 14.9. The molecule has 3 aromatic rings. The number of aromatic nitrogens is 2. The molecular formula is C20H18FN3O2S. The summed E-state index contributed by atoms with van der Waals surface area (Å²) in [5.74, 6) is 0.876. The highest BCUT2D eigenvalue weighted by Gasteiger charge is 2.09. The molecule has 27 heavy (non-hydrogen) atoms. The number of methoxy groups -OCH3 is 1. The number of carbonyl (C=O) groups excluding carboxylic acids is 1. The molecule has 0 aliphatic heterocycles. The first kappa shape index (κ1) is 18.8. The van der Waals surface area contributed by atoms with Crippen LogP contribution in [0.5, 0.6) is 5.75 Å². The largest absolute Gasteiger partial charge is 0.497 e. The van der Waals surface area contributed by atoms with Gasteiger partial charge in [-0.25, -0.2) is 14.4 Å². The van der Waals surface area contributed by atoms with Crippen LogP contribution in [0, 0.1) is 12.7 Å². The lowest BCUT2D eigenvalue weighted by atomic mass is 10.2. The number of hydrogen-bond acceptors (Lipinski definition) is 5. The van der Waals surface area contributed by atoms with Crippen LogP contribution in [0.25, 0.3) is 11.4 Å². The van der Waals surface area contributed by atoms with Crippen LogP contribution in [-0.2, 0) is 4.79 Å². The van der Waals surface area contributed by atoms with Crippen molar-refractivity contribution in [2.45, 2.75) is 11.9 Å². The molecule has 138 valence electrons. The van der Waals surface area contributed by atoms with Crippen molar-refractivity contribution in [1.29, 1.82) is 0 Å². The van der Waals surface area contributed by atoms with E-state index < -0.39 is 0 Å². The van der Waals surface area contributed by atoms with Gasteiger partial charge in [-0.15, -0.1) is 0 Å². The van der Waals surface area contributed by atoms with Crippen molar-refractivity contribution in [3.8, 4) is 17.1 Å². The van der Waals surface area contributed by atoms with E-state index in [9.17, 15) is 9.18 Å². The molecule has 2 aromatic carbocycles. The predicted octanol–water partition coefficient (Wildman–Crippen LogP) is 4.33. The number of nitrogens with one attached hydrogen (secondary N) is 1. The van der Waals surface area contributed by atoms with Crippen molar-refractivity contribution in [2.75, 3.05) is 18.2 Å². The van der Waals surface area contributed by atoms with Gasteiger partial charge < -0.3 is 10.1 Å². The maximum absolute atomic E-state index is 13.4. The lowest BCUT2D eigenvalue weighted by molar-refractivity contribution is -0.113. The summed E-state index contributed by atoms with van der Waals surface area (Å²) >= 11 is 1.30. The minimum Gasteiger partial charge on any atom is -0.497 e. The Morgan fingerprint density at radius 3 is 2.63 bits per heavy atom. The van der Waals surface area contributed by atoms with Gasteiger partial charge in [0.1, 0.15) is 16.6 Å². The minimum absolute atomic E-state index is 0.145. The Kier molecular flexibility index (Phi) is 6.03. The van der Waals surface area contributed by atoms with Crippen LogP contribution in [-0.4, -0.2) is 28.7 Å². The summed E-state index contributed by atoms with van der Waals surface area (Å²) in [6.45, 7) is 1.84. The second-order valence-electron chi connectivity index (χ2n) is 5.75. The van der Waals surface area contributed by atoms with Crippen LogP contribution < -0.4 is 10.1 Å². The van der Waals surface area contributed by atoms with E-state index in [2.05, 4.69) is 15.3 Å². The van der Waals surface area contributed by atoms with Gasteiger partial charge in [0.15, 0.2) is 5.82 Å². The topological polar surface area (TPSA) is 64.1 Å². The lowest BCUT2D eigenvalue weighted by Crippen LogP contribution is -2.14. The van der Waals surface area contributed by atoms with E-state index in [0.29, 0.717) is 22.1 Å². The highest BCUT2D eigenvalue weighted by Crippen LogP contribution is 2.22. The maximum Gasteiger partial charge on any atom is 0.234 e. The smallest absolute Gasteiger partial charge is 0.234 e. The Morgan fingerprint density at radius 1 is 1.15 bits per heavy atom. The fourth-order valence-corrected chi connectivity index (χ4v) is 3.14. The van der Waals surface area contributed by atoms with Crippen molar-refractivity contribution in [2.24, 2.45) is 0 Å². The molecule has 1 amide bonds. The molecule has 0 bridgehead atoms. The zero-order chi connectivity index (χ0) is 19.2. The number of amides is 1. The summed E-state index contributed by atoms with van der Waals surface area (Å²) in [6.07, 6.45) is 0. The second-order valence-corrected chi connectivity index (χ2v) is 6.74. The average Bonchev–Trinajstić information content (AvgIpc) is 2.66. The first-order chi connectivity index (χ1) is 13.0. The Balaban J connectivity index is 1.65. The zero-order valence-corrected chi connectivity index (χ0v) is 15.7. The number of thioether (sulfide) groups is 1. The van der Waals surface area contributed by atoms with E-state index in [0.717, 1.165) is 11.4 Å². The van der Waals surface area contributed by atoms with Crippen LogP contribution in [0.2, 0.25) is 0 Å². The minimum atomic E-state index is -0.342. The number of carbonyl (C=O) groups is 1. The van der Waals surface area contributed by atoms with E-state index in [4.69, 9.17) is 4.74 Å². The van der Waals surface area contributed by atoms with Gasteiger partial charge in [-0.05, 0) is 49.4 Å². The first-order valence-electron chi connectivity index (χ1n) is 8.22. The Labute approximate surface area is 161 Å². The first-order valence-corrected chi connectivity index (χ1v) is 9.20. The molecule has 0 spiro atoms. The number of benzene rings is 2. The van der Waals surface area contributed by atoms with Crippen molar-refractivity contribution in [3.05, 3.63) is 66.1 Å². The van der Waals surface area contributed by atoms with Gasteiger partial charge >= 0.3 is 0 Å². The number of hydrogen-bond donors (Lipinski definition) is 1. The summed E-state index contributed by atoms with van der Waals surface area (Å²) in [5.41, 5.74) is 2.05. The van der Waals surface area contributed by atoms with Crippen LogP contribution in [0.15, 0.2) is 59.6 Å². The lowest BCUT2D eigenvalue weighted by Gasteiger charge is -2.08. The molecule has 0 unspecified atom stereocenters. The van der Waals surface area contributed by atoms with Crippen molar-refractivity contribution in [3.63, 3.8) is 0 Å². The van der Waals surface area contributed by atoms with Gasteiger partial charge in [0.2, 0.25) is 5.91 Å². The fraction of sp³-hybridized carbons (Fsp3) is 0.150. The third-order valence-electron chi connectivity index (χ3n) is 3.64. The van der Waals surface area contributed by atoms with Gasteiger partial charge in [0.25, 0.3) is 0 Å². The third-order valence-corrected chi connectivity index (χ3v) is 4.55. The second kappa shape index (κ2) is 8.64. The van der Waals surface area contributed by atoms with Crippen LogP contribution in [0.1, 0.15) is 5.69 Å². The van der Waals surface area contributed by atoms with Crippen molar-refractivity contribution in [1.82, 2.24) is 9.97 Å². The van der Waals surface area contributed by atoms with Crippen LogP contribution in [0.4, 0.5) is 10.1 Å². The van der Waals surface area contributed by atoms with Gasteiger partial charge in [-0.2, -0.15) is 0 Å². The molecule has 0 fully saturated rings. The maximum atomic E-state index is 13.4. The Morgan fingerprint density at radius 2 is 1.93 bits per heavy atom. The molecule has 1 heterocycles. The third kappa shape index (κ3) is 5.27. The summed E-state index contributed by atoms with van der Waals surface area (Å²) in [5, 5.41) is 3.48. The van der Waals surface area contributed by atoms with Gasteiger partial charge in [-0.1, -0.05) is 23.9 Å². The molecular weight excluding hydrogens is 365 g/mol. The van der Waals surface area contributed by atoms with E-state index in [1.54, 1.807) is 49.6 Å². The number of nitrogens with zero attached hydrogens (tertiary/aromatic N) is 2. The Hall–Kier alpha value is -2.93. The number of rotatable bonds is 6. The van der Waals surface area contributed by atoms with E-state index in [1.807, 2.05) is 6.92 Å². The molecule has 0 saturated heterocycles. The predicted molar refractivity (Wildman–Crippen MR) is 105 cm³/mol. The van der Waals surface area contributed by atoms with Crippen molar-refractivity contribution >= 4 is 23.4 Å². The van der Waals surface area contributed by atoms with Gasteiger partial charge in [-0.3, -0.25) is 4.79 Å². The SMILES string of the molecule is COc1ccc(NC(=O)CSc2cc(C)nc(-c3cccc(F)c3)n2)cc1. The summed E-state index contributed by atoms with van der Waals surface area (Å²) in [7, 11) is 1.59. The van der Waals surface area contributed by atoms with E-state index in [-0.39, 0.29) is 17.5 Å². The monoisotopic (exact) mass is 383 g/mol. The highest BCUT2D eigenvalue weighted by molar-refractivity contribution is 7.99. The molecule has 5 nitrogen and oxygen atoms in total. The standard InChI is InChI=1S/C20H18FN3O2S/c1-13-10-19(24-20(22-13)14-4-3-5-15(21)11-14)27-12-18(25)23-16-6-8-17(26-2)9-7-16/h3-11H,12H2,1-2H3,(H,23,25). The molecule has 0 aliphatic carbocycles. The highest BCUT2D eigenvalue weighted by atomic mass is 32.2. The molecule has 1 aromatic heterocycles. The van der Waals surface area contributed by atoms with Crippen molar-refractivity contribution < 1.29 is 13.9 Å². The molecule has 0 atom stereocenters. The number of ether oxygens (including phenoxy) is 1. The molecule has 3 rings (SSSR count). The molecule has 0 radical (unpaired) electrons. The quantitative estimate of drug-likeness (QED) is 0.507. The van der Waals surface area contributed by atoms with Gasteiger partial charge in [0, 0.05) is 16.9 Å². The van der Waals surface area contributed by atoms with E-state index in [1.165, 1.54) is 23.9 Å². The fourth-order valence-electron chi connectivity index (χ4n) is 2.38. The average molecular weight is 383 g/mol. The summed E-state index contributed by atoms with van der Waals surface area (Å²) in [6, 6.07) is 15.0.